The lowest BCUT2D eigenvalue weighted by Crippen LogP contribution is -2.31. The van der Waals surface area contributed by atoms with Crippen molar-refractivity contribution in [1.29, 1.82) is 0 Å². The number of benzene rings is 1. The van der Waals surface area contributed by atoms with Gasteiger partial charge < -0.3 is 15.2 Å². The van der Waals surface area contributed by atoms with Crippen LogP contribution in [0.2, 0.25) is 10.0 Å². The van der Waals surface area contributed by atoms with Crippen molar-refractivity contribution in [2.45, 2.75) is 6.61 Å². The Morgan fingerprint density at radius 1 is 1.20 bits per heavy atom. The standard InChI is InChI=1S/C15H11Cl2N3O3.CH4O/c16-11-2-1-3-12(17)10(11)8-23-9-4-5-13(18-6-9)20-14(21)7-19-15(20)22;1-2/h1-6H,7-8H2,(H,19,22);2H,1H3. The summed E-state index contributed by atoms with van der Waals surface area (Å²) in [5, 5.41) is 10.5. The number of nitrogens with zero attached hydrogens (tertiary/aromatic N) is 2. The molecular formula is C16H15Cl2N3O4. The zero-order chi connectivity index (χ0) is 18.4. The van der Waals surface area contributed by atoms with Gasteiger partial charge in [-0.25, -0.2) is 14.7 Å². The van der Waals surface area contributed by atoms with Gasteiger partial charge in [0, 0.05) is 22.7 Å². The minimum absolute atomic E-state index is 0.0240. The first-order chi connectivity index (χ1) is 12.1. The van der Waals surface area contributed by atoms with Crippen LogP contribution < -0.4 is 15.0 Å². The van der Waals surface area contributed by atoms with Crippen molar-refractivity contribution in [3.8, 4) is 5.75 Å². The van der Waals surface area contributed by atoms with Gasteiger partial charge >= 0.3 is 6.03 Å². The quantitative estimate of drug-likeness (QED) is 0.791. The van der Waals surface area contributed by atoms with Gasteiger partial charge in [-0.05, 0) is 24.3 Å². The van der Waals surface area contributed by atoms with Crippen molar-refractivity contribution >= 4 is 41.0 Å². The smallest absolute Gasteiger partial charge is 0.330 e. The molecule has 0 saturated carbocycles. The molecule has 0 atom stereocenters. The summed E-state index contributed by atoms with van der Waals surface area (Å²) in [5.41, 5.74) is 0.675. The molecule has 9 heteroatoms. The topological polar surface area (TPSA) is 91.8 Å². The highest BCUT2D eigenvalue weighted by Gasteiger charge is 2.30. The number of imide groups is 1. The van der Waals surface area contributed by atoms with E-state index in [0.29, 0.717) is 21.4 Å². The van der Waals surface area contributed by atoms with Gasteiger partial charge in [-0.2, -0.15) is 0 Å². The van der Waals surface area contributed by atoms with Crippen molar-refractivity contribution in [3.05, 3.63) is 52.1 Å². The summed E-state index contributed by atoms with van der Waals surface area (Å²) in [6.45, 7) is 0.159. The Kier molecular flexibility index (Phi) is 6.58. The number of urea groups is 1. The third-order valence-electron chi connectivity index (χ3n) is 3.24. The number of carbonyl (C=O) groups is 2. The highest BCUT2D eigenvalue weighted by atomic mass is 35.5. The summed E-state index contributed by atoms with van der Waals surface area (Å²) in [7, 11) is 1.00. The largest absolute Gasteiger partial charge is 0.487 e. The molecule has 1 aromatic carbocycles. The molecule has 1 aromatic heterocycles. The number of halogens is 2. The molecule has 1 aliphatic heterocycles. The van der Waals surface area contributed by atoms with Crippen LogP contribution >= 0.6 is 23.2 Å². The number of anilines is 1. The predicted octanol–water partition coefficient (Wildman–Crippen LogP) is 2.63. The molecular weight excluding hydrogens is 369 g/mol. The molecule has 7 nitrogen and oxygen atoms in total. The van der Waals surface area contributed by atoms with Gasteiger partial charge in [-0.1, -0.05) is 29.3 Å². The number of carbonyl (C=O) groups excluding carboxylic acids is 2. The molecule has 3 rings (SSSR count). The Balaban J connectivity index is 0.00000109. The maximum atomic E-state index is 11.6. The Bertz CT molecular complexity index is 732. The van der Waals surface area contributed by atoms with Crippen molar-refractivity contribution in [2.75, 3.05) is 18.6 Å². The molecule has 2 N–H and O–H groups in total. The van der Waals surface area contributed by atoms with E-state index in [2.05, 4.69) is 10.3 Å². The fraction of sp³-hybridized carbons (Fsp3) is 0.188. The average molecular weight is 384 g/mol. The summed E-state index contributed by atoms with van der Waals surface area (Å²) in [4.78, 5) is 28.2. The van der Waals surface area contributed by atoms with Crippen molar-refractivity contribution < 1.29 is 19.4 Å². The predicted molar refractivity (Wildman–Crippen MR) is 94.1 cm³/mol. The van der Waals surface area contributed by atoms with E-state index in [1.165, 1.54) is 12.3 Å². The molecule has 0 spiro atoms. The zero-order valence-electron chi connectivity index (χ0n) is 13.2. The normalized spacial score (nSPS) is 13.2. The second kappa shape index (κ2) is 8.66. The van der Waals surface area contributed by atoms with Gasteiger partial charge in [-0.15, -0.1) is 0 Å². The minimum atomic E-state index is -0.487. The lowest BCUT2D eigenvalue weighted by Gasteiger charge is -2.12. The van der Waals surface area contributed by atoms with Crippen LogP contribution in [0.3, 0.4) is 0 Å². The van der Waals surface area contributed by atoms with E-state index in [9.17, 15) is 9.59 Å². The monoisotopic (exact) mass is 383 g/mol. The Morgan fingerprint density at radius 2 is 1.88 bits per heavy atom. The Hall–Kier alpha value is -2.35. The van der Waals surface area contributed by atoms with Gasteiger partial charge in [0.15, 0.2) is 0 Å². The lowest BCUT2D eigenvalue weighted by atomic mass is 10.2. The van der Waals surface area contributed by atoms with Crippen LogP contribution in [0.5, 0.6) is 5.75 Å². The maximum absolute atomic E-state index is 11.6. The van der Waals surface area contributed by atoms with Crippen molar-refractivity contribution in [3.63, 3.8) is 0 Å². The second-order valence-corrected chi connectivity index (χ2v) is 5.54. The molecule has 1 aliphatic rings. The van der Waals surface area contributed by atoms with Gasteiger partial charge in [-0.3, -0.25) is 4.79 Å². The molecule has 1 saturated heterocycles. The van der Waals surface area contributed by atoms with Crippen LogP contribution in [-0.4, -0.2) is 35.7 Å². The number of rotatable bonds is 4. The number of hydrogen-bond acceptors (Lipinski definition) is 5. The Morgan fingerprint density at radius 3 is 2.40 bits per heavy atom. The summed E-state index contributed by atoms with van der Waals surface area (Å²) < 4.78 is 5.59. The number of aromatic nitrogens is 1. The number of nitrogens with one attached hydrogen (secondary N) is 1. The van der Waals surface area contributed by atoms with Crippen LogP contribution in [0.1, 0.15) is 5.56 Å². The molecule has 132 valence electrons. The third-order valence-corrected chi connectivity index (χ3v) is 3.95. The van der Waals surface area contributed by atoms with Gasteiger partial charge in [0.2, 0.25) is 0 Å². The van der Waals surface area contributed by atoms with E-state index in [1.807, 2.05) is 0 Å². The summed E-state index contributed by atoms with van der Waals surface area (Å²) >= 11 is 12.1. The van der Waals surface area contributed by atoms with Crippen LogP contribution in [-0.2, 0) is 11.4 Å². The molecule has 0 radical (unpaired) electrons. The average Bonchev–Trinajstić information content (AvgIpc) is 2.95. The minimum Gasteiger partial charge on any atom is -0.487 e. The first-order valence-electron chi connectivity index (χ1n) is 7.13. The van der Waals surface area contributed by atoms with Gasteiger partial charge in [0.1, 0.15) is 18.2 Å². The summed E-state index contributed by atoms with van der Waals surface area (Å²) in [5.74, 6) is 0.365. The SMILES string of the molecule is CO.O=C1CNC(=O)N1c1ccc(OCc2c(Cl)cccc2Cl)cn1. The first-order valence-corrected chi connectivity index (χ1v) is 7.89. The molecule has 3 amide bonds. The van der Waals surface area contributed by atoms with Crippen molar-refractivity contribution in [2.24, 2.45) is 0 Å². The van der Waals surface area contributed by atoms with Crippen molar-refractivity contribution in [1.82, 2.24) is 10.3 Å². The number of hydrogen-bond donors (Lipinski definition) is 2. The molecule has 0 unspecified atom stereocenters. The summed E-state index contributed by atoms with van der Waals surface area (Å²) in [6, 6.07) is 7.87. The summed E-state index contributed by atoms with van der Waals surface area (Å²) in [6.07, 6.45) is 1.43. The van der Waals surface area contributed by atoms with Crippen LogP contribution in [0.4, 0.5) is 10.6 Å². The second-order valence-electron chi connectivity index (χ2n) is 4.73. The molecule has 1 fully saturated rings. The number of aliphatic hydroxyl groups is 1. The molecule has 2 aromatic rings. The van der Waals surface area contributed by atoms with Crippen LogP contribution in [0.15, 0.2) is 36.5 Å². The van der Waals surface area contributed by atoms with E-state index < -0.39 is 6.03 Å². The highest BCUT2D eigenvalue weighted by molar-refractivity contribution is 6.35. The number of aliphatic hydroxyl groups excluding tert-OH is 1. The van der Waals surface area contributed by atoms with Crippen LogP contribution in [0, 0.1) is 0 Å². The van der Waals surface area contributed by atoms with E-state index in [0.717, 1.165) is 12.0 Å². The maximum Gasteiger partial charge on any atom is 0.330 e. The van der Waals surface area contributed by atoms with Gasteiger partial charge in [0.25, 0.3) is 5.91 Å². The first kappa shape index (κ1) is 19.0. The molecule has 0 aliphatic carbocycles. The number of ether oxygens (including phenoxy) is 1. The zero-order valence-corrected chi connectivity index (χ0v) is 14.7. The van der Waals surface area contributed by atoms with E-state index in [1.54, 1.807) is 24.3 Å². The fourth-order valence-corrected chi connectivity index (χ4v) is 2.58. The highest BCUT2D eigenvalue weighted by Crippen LogP contribution is 2.26. The molecule has 2 heterocycles. The lowest BCUT2D eigenvalue weighted by molar-refractivity contribution is -0.115. The third kappa shape index (κ3) is 4.39. The molecule has 0 bridgehead atoms. The van der Waals surface area contributed by atoms with Crippen LogP contribution in [0.25, 0.3) is 0 Å². The van der Waals surface area contributed by atoms with E-state index in [4.69, 9.17) is 33.0 Å². The Labute approximate surface area is 154 Å². The van der Waals surface area contributed by atoms with E-state index >= 15 is 0 Å². The molecule has 25 heavy (non-hydrogen) atoms. The van der Waals surface area contributed by atoms with E-state index in [-0.39, 0.29) is 24.9 Å². The fourth-order valence-electron chi connectivity index (χ4n) is 2.07. The number of pyridine rings is 1. The van der Waals surface area contributed by atoms with Gasteiger partial charge in [0.05, 0.1) is 12.7 Å². The number of amides is 3.